The summed E-state index contributed by atoms with van der Waals surface area (Å²) in [6.45, 7) is 5.84. The van der Waals surface area contributed by atoms with Crippen LogP contribution in [0, 0.1) is 6.92 Å². The quantitative estimate of drug-likeness (QED) is 0.914. The van der Waals surface area contributed by atoms with E-state index in [0.717, 1.165) is 18.5 Å². The molecule has 0 spiro atoms. The van der Waals surface area contributed by atoms with Gasteiger partial charge in [0.05, 0.1) is 19.0 Å². The van der Waals surface area contributed by atoms with Crippen LogP contribution in [-0.4, -0.2) is 30.2 Å². The summed E-state index contributed by atoms with van der Waals surface area (Å²) in [6.07, 6.45) is 3.79. The van der Waals surface area contributed by atoms with Crippen LogP contribution in [0.4, 0.5) is 17.5 Å². The van der Waals surface area contributed by atoms with Crippen molar-refractivity contribution in [2.24, 2.45) is 0 Å². The maximum absolute atomic E-state index is 6.07. The first-order valence-electron chi connectivity index (χ1n) is 7.07. The van der Waals surface area contributed by atoms with Gasteiger partial charge in [-0.3, -0.25) is 0 Å². The molecule has 3 rings (SSSR count). The molecular weight excluding hydrogens is 300 g/mol. The molecule has 0 aliphatic heterocycles. The van der Waals surface area contributed by atoms with E-state index in [2.05, 4.69) is 20.2 Å². The monoisotopic (exact) mass is 316 g/mol. The second-order valence-electron chi connectivity index (χ2n) is 5.15. The topological polar surface area (TPSA) is 50.3 Å². The van der Waals surface area contributed by atoms with E-state index in [0.29, 0.717) is 34.1 Å². The van der Waals surface area contributed by atoms with Crippen molar-refractivity contribution in [1.29, 1.82) is 0 Å². The van der Waals surface area contributed by atoms with Gasteiger partial charge in [0.1, 0.15) is 16.6 Å². The van der Waals surface area contributed by atoms with Crippen molar-refractivity contribution >= 4 is 29.1 Å². The second-order valence-corrected chi connectivity index (χ2v) is 5.56. The zero-order chi connectivity index (χ0) is 15.7. The summed E-state index contributed by atoms with van der Waals surface area (Å²) in [6, 6.07) is 5.95. The molecule has 2 radical (unpaired) electrons. The van der Waals surface area contributed by atoms with E-state index in [9.17, 15) is 0 Å². The zero-order valence-corrected chi connectivity index (χ0v) is 13.3. The average Bonchev–Trinajstić information content (AvgIpc) is 3.35. The van der Waals surface area contributed by atoms with Crippen molar-refractivity contribution in [3.63, 3.8) is 0 Å². The first-order chi connectivity index (χ1) is 10.6. The first kappa shape index (κ1) is 14.9. The van der Waals surface area contributed by atoms with Gasteiger partial charge in [-0.1, -0.05) is 17.7 Å². The van der Waals surface area contributed by atoms with Crippen LogP contribution in [0.15, 0.2) is 24.4 Å². The van der Waals surface area contributed by atoms with Crippen LogP contribution in [0.2, 0.25) is 5.02 Å². The third-order valence-corrected chi connectivity index (χ3v) is 3.84. The normalized spacial score (nSPS) is 13.8. The van der Waals surface area contributed by atoms with Crippen LogP contribution in [0.5, 0.6) is 5.75 Å². The molecule has 2 aromatic rings. The van der Waals surface area contributed by atoms with Crippen LogP contribution >= 0.6 is 11.6 Å². The fourth-order valence-electron chi connectivity index (χ4n) is 2.34. The molecule has 6 heteroatoms. The lowest BCUT2D eigenvalue weighted by molar-refractivity contribution is 0.415. The van der Waals surface area contributed by atoms with Crippen LogP contribution < -0.4 is 15.0 Å². The maximum atomic E-state index is 6.07. The highest BCUT2D eigenvalue weighted by atomic mass is 35.5. The molecule has 22 heavy (non-hydrogen) atoms. The number of aromatic nitrogens is 2. The van der Waals surface area contributed by atoms with E-state index in [1.807, 2.05) is 12.1 Å². The molecular formula is C16H17ClN4O. The molecule has 1 aliphatic carbocycles. The SMILES string of the molecule is [CH]c1ccc(N(c2ncc(Cl)c(NC)n2)C2CC2)c(OC)c1. The Morgan fingerprint density at radius 2 is 2.18 bits per heavy atom. The highest BCUT2D eigenvalue weighted by Crippen LogP contribution is 2.41. The van der Waals surface area contributed by atoms with Crippen LogP contribution in [-0.2, 0) is 0 Å². The van der Waals surface area contributed by atoms with Gasteiger partial charge < -0.3 is 15.0 Å². The molecule has 1 heterocycles. The van der Waals surface area contributed by atoms with Gasteiger partial charge in [-0.15, -0.1) is 0 Å². The van der Waals surface area contributed by atoms with Crippen LogP contribution in [0.1, 0.15) is 18.4 Å². The summed E-state index contributed by atoms with van der Waals surface area (Å²) >= 11 is 6.07. The Bertz CT molecular complexity index is 688. The lowest BCUT2D eigenvalue weighted by Gasteiger charge is -2.25. The molecule has 0 atom stereocenters. The van der Waals surface area contributed by atoms with Crippen molar-refractivity contribution in [3.8, 4) is 5.75 Å². The van der Waals surface area contributed by atoms with Gasteiger partial charge in [-0.2, -0.15) is 4.98 Å². The summed E-state index contributed by atoms with van der Waals surface area (Å²) in [5.41, 5.74) is 1.56. The highest BCUT2D eigenvalue weighted by molar-refractivity contribution is 6.32. The summed E-state index contributed by atoms with van der Waals surface area (Å²) in [4.78, 5) is 11.0. The van der Waals surface area contributed by atoms with E-state index in [1.165, 1.54) is 0 Å². The number of methoxy groups -OCH3 is 1. The van der Waals surface area contributed by atoms with Crippen LogP contribution in [0.25, 0.3) is 0 Å². The van der Waals surface area contributed by atoms with Gasteiger partial charge in [-0.05, 0) is 37.5 Å². The number of benzene rings is 1. The molecule has 1 aromatic carbocycles. The number of ether oxygens (including phenoxy) is 1. The van der Waals surface area contributed by atoms with Crippen molar-refractivity contribution in [2.75, 3.05) is 24.4 Å². The third kappa shape index (κ3) is 2.81. The van der Waals surface area contributed by atoms with E-state index in [1.54, 1.807) is 26.4 Å². The smallest absolute Gasteiger partial charge is 0.232 e. The minimum Gasteiger partial charge on any atom is -0.495 e. The summed E-state index contributed by atoms with van der Waals surface area (Å²) < 4.78 is 5.47. The molecule has 1 N–H and O–H groups in total. The fourth-order valence-corrected chi connectivity index (χ4v) is 2.53. The molecule has 0 amide bonds. The zero-order valence-electron chi connectivity index (χ0n) is 12.5. The number of hydrogen-bond donors (Lipinski definition) is 1. The van der Waals surface area contributed by atoms with Gasteiger partial charge in [0.15, 0.2) is 0 Å². The number of rotatable bonds is 5. The Balaban J connectivity index is 2.07. The lowest BCUT2D eigenvalue weighted by atomic mass is 10.2. The molecule has 1 saturated carbocycles. The van der Waals surface area contributed by atoms with E-state index < -0.39 is 0 Å². The molecule has 0 unspecified atom stereocenters. The summed E-state index contributed by atoms with van der Waals surface area (Å²) in [5.74, 6) is 1.91. The summed E-state index contributed by atoms with van der Waals surface area (Å²) in [5, 5.41) is 3.47. The number of nitrogens with zero attached hydrogens (tertiary/aromatic N) is 3. The Morgan fingerprint density at radius 1 is 1.41 bits per heavy atom. The predicted molar refractivity (Wildman–Crippen MR) is 88.1 cm³/mol. The minimum absolute atomic E-state index is 0.364. The van der Waals surface area contributed by atoms with Gasteiger partial charge in [-0.25, -0.2) is 4.98 Å². The number of halogens is 1. The molecule has 0 bridgehead atoms. The van der Waals surface area contributed by atoms with Gasteiger partial charge in [0.25, 0.3) is 0 Å². The number of nitrogens with one attached hydrogen (secondary N) is 1. The Kier molecular flexibility index (Phi) is 4.07. The van der Waals surface area contributed by atoms with Gasteiger partial charge in [0, 0.05) is 13.1 Å². The molecule has 1 aliphatic rings. The maximum Gasteiger partial charge on any atom is 0.232 e. The lowest BCUT2D eigenvalue weighted by Crippen LogP contribution is -2.23. The first-order valence-corrected chi connectivity index (χ1v) is 7.45. The van der Waals surface area contributed by atoms with Crippen molar-refractivity contribution in [3.05, 3.63) is 41.9 Å². The van der Waals surface area contributed by atoms with Crippen LogP contribution in [0.3, 0.4) is 0 Å². The molecule has 114 valence electrons. The molecule has 1 aromatic heterocycles. The second kappa shape index (κ2) is 6.01. The van der Waals surface area contributed by atoms with Gasteiger partial charge >= 0.3 is 0 Å². The van der Waals surface area contributed by atoms with E-state index >= 15 is 0 Å². The molecule has 1 fully saturated rings. The van der Waals surface area contributed by atoms with E-state index in [-0.39, 0.29) is 0 Å². The molecule has 0 saturated heterocycles. The number of anilines is 3. The predicted octanol–water partition coefficient (Wildman–Crippen LogP) is 3.54. The fraction of sp³-hybridized carbons (Fsp3) is 0.312. The summed E-state index contributed by atoms with van der Waals surface area (Å²) in [7, 11) is 3.41. The Hall–Kier alpha value is -2.01. The van der Waals surface area contributed by atoms with E-state index in [4.69, 9.17) is 23.3 Å². The Morgan fingerprint density at radius 3 is 2.82 bits per heavy atom. The van der Waals surface area contributed by atoms with Crippen molar-refractivity contribution in [2.45, 2.75) is 18.9 Å². The number of hydrogen-bond acceptors (Lipinski definition) is 5. The molecule has 5 nitrogen and oxygen atoms in total. The van der Waals surface area contributed by atoms with Gasteiger partial charge in [0.2, 0.25) is 5.95 Å². The minimum atomic E-state index is 0.364. The average molecular weight is 317 g/mol. The van der Waals surface area contributed by atoms with Crippen molar-refractivity contribution in [1.82, 2.24) is 9.97 Å². The third-order valence-electron chi connectivity index (χ3n) is 3.56. The highest BCUT2D eigenvalue weighted by Gasteiger charge is 2.34. The largest absolute Gasteiger partial charge is 0.495 e. The Labute approximate surface area is 135 Å². The standard InChI is InChI=1S/C16H17ClN4O/c1-10-4-7-13(14(8-10)22-3)21(11-5-6-11)16-19-9-12(17)15(18-2)20-16/h1,4,7-9,11H,5-6H2,2-3H3,(H,18,19,20). The van der Waals surface area contributed by atoms with Crippen molar-refractivity contribution < 1.29 is 4.74 Å².